The second kappa shape index (κ2) is 6.25. The van der Waals surface area contributed by atoms with Gasteiger partial charge in [-0.3, -0.25) is 9.69 Å². The summed E-state index contributed by atoms with van der Waals surface area (Å²) >= 11 is 0. The second-order valence-corrected chi connectivity index (χ2v) is 4.80. The average molecular weight is 303 g/mol. The van der Waals surface area contributed by atoms with Gasteiger partial charge in [-0.2, -0.15) is 13.2 Å². The van der Waals surface area contributed by atoms with Crippen molar-refractivity contribution in [1.82, 2.24) is 20.2 Å². The first kappa shape index (κ1) is 15.5. The number of nitrogens with zero attached hydrogens (tertiary/aromatic N) is 3. The first-order valence-electron chi connectivity index (χ1n) is 6.53. The summed E-state index contributed by atoms with van der Waals surface area (Å²) < 4.78 is 36.5. The Morgan fingerprint density at radius 1 is 1.43 bits per heavy atom. The van der Waals surface area contributed by atoms with Crippen LogP contribution in [0.25, 0.3) is 0 Å². The molecule has 21 heavy (non-hydrogen) atoms. The fourth-order valence-corrected chi connectivity index (χ4v) is 2.06. The SMILES string of the molecule is CCNC(=O)c1cc(NC2CN(CC(F)(F)F)C2)ncn1. The summed E-state index contributed by atoms with van der Waals surface area (Å²) in [6, 6.07) is 1.38. The molecule has 1 aliphatic rings. The lowest BCUT2D eigenvalue weighted by molar-refractivity contribution is -0.153. The minimum atomic E-state index is -4.18. The van der Waals surface area contributed by atoms with Gasteiger partial charge in [0.05, 0.1) is 12.6 Å². The molecule has 1 fully saturated rings. The van der Waals surface area contributed by atoms with Crippen molar-refractivity contribution >= 4 is 11.7 Å². The molecule has 1 aliphatic heterocycles. The van der Waals surface area contributed by atoms with Crippen LogP contribution in [0.4, 0.5) is 19.0 Å². The molecule has 116 valence electrons. The Hall–Kier alpha value is -1.90. The van der Waals surface area contributed by atoms with Crippen molar-refractivity contribution < 1.29 is 18.0 Å². The highest BCUT2D eigenvalue weighted by atomic mass is 19.4. The molecule has 0 unspecified atom stereocenters. The molecule has 9 heteroatoms. The molecule has 2 N–H and O–H groups in total. The van der Waals surface area contributed by atoms with Crippen molar-refractivity contribution in [3.63, 3.8) is 0 Å². The zero-order valence-corrected chi connectivity index (χ0v) is 11.4. The monoisotopic (exact) mass is 303 g/mol. The van der Waals surface area contributed by atoms with E-state index in [1.54, 1.807) is 6.92 Å². The molecule has 1 aromatic rings. The lowest BCUT2D eigenvalue weighted by Crippen LogP contribution is -2.57. The van der Waals surface area contributed by atoms with Gasteiger partial charge in [-0.15, -0.1) is 0 Å². The maximum Gasteiger partial charge on any atom is 0.401 e. The molecule has 0 aliphatic carbocycles. The van der Waals surface area contributed by atoms with E-state index < -0.39 is 12.7 Å². The molecule has 1 saturated heterocycles. The number of rotatable bonds is 5. The predicted molar refractivity (Wildman–Crippen MR) is 69.9 cm³/mol. The number of halogens is 3. The summed E-state index contributed by atoms with van der Waals surface area (Å²) in [5.41, 5.74) is 0.223. The Balaban J connectivity index is 1.85. The average Bonchev–Trinajstić information content (AvgIpc) is 2.35. The van der Waals surface area contributed by atoms with E-state index in [-0.39, 0.29) is 17.6 Å². The van der Waals surface area contributed by atoms with Gasteiger partial charge < -0.3 is 10.6 Å². The summed E-state index contributed by atoms with van der Waals surface area (Å²) in [7, 11) is 0. The van der Waals surface area contributed by atoms with Gasteiger partial charge in [0.2, 0.25) is 0 Å². The molecule has 0 radical (unpaired) electrons. The maximum absolute atomic E-state index is 12.2. The minimum Gasteiger partial charge on any atom is -0.365 e. The van der Waals surface area contributed by atoms with Crippen molar-refractivity contribution in [2.45, 2.75) is 19.1 Å². The maximum atomic E-state index is 12.2. The van der Waals surface area contributed by atoms with E-state index in [0.717, 1.165) is 0 Å². The summed E-state index contributed by atoms with van der Waals surface area (Å²) in [4.78, 5) is 20.7. The van der Waals surface area contributed by atoms with Crippen molar-refractivity contribution in [2.75, 3.05) is 31.5 Å². The van der Waals surface area contributed by atoms with Gasteiger partial charge in [-0.25, -0.2) is 9.97 Å². The first-order valence-corrected chi connectivity index (χ1v) is 6.53. The van der Waals surface area contributed by atoms with Crippen LogP contribution in [0.15, 0.2) is 12.4 Å². The van der Waals surface area contributed by atoms with Crippen molar-refractivity contribution in [3.05, 3.63) is 18.1 Å². The van der Waals surface area contributed by atoms with Gasteiger partial charge >= 0.3 is 6.18 Å². The number of carbonyl (C=O) groups excluding carboxylic acids is 1. The lowest BCUT2D eigenvalue weighted by atomic mass is 10.1. The Morgan fingerprint density at radius 3 is 2.76 bits per heavy atom. The number of anilines is 1. The molecule has 2 rings (SSSR count). The predicted octanol–water partition coefficient (Wildman–Crippen LogP) is 0.885. The summed E-state index contributed by atoms with van der Waals surface area (Å²) in [6.07, 6.45) is -2.93. The van der Waals surface area contributed by atoms with E-state index in [2.05, 4.69) is 20.6 Å². The number of nitrogens with one attached hydrogen (secondary N) is 2. The number of aromatic nitrogens is 2. The van der Waals surface area contributed by atoms with Crippen molar-refractivity contribution in [3.8, 4) is 0 Å². The van der Waals surface area contributed by atoms with Crippen molar-refractivity contribution in [2.24, 2.45) is 0 Å². The summed E-state index contributed by atoms with van der Waals surface area (Å²) in [5.74, 6) is 0.123. The van der Waals surface area contributed by atoms with Crippen LogP contribution >= 0.6 is 0 Å². The van der Waals surface area contributed by atoms with Gasteiger partial charge in [0.15, 0.2) is 0 Å². The van der Waals surface area contributed by atoms with Crippen LogP contribution in [-0.2, 0) is 0 Å². The third kappa shape index (κ3) is 4.55. The van der Waals surface area contributed by atoms with Gasteiger partial charge in [0.25, 0.3) is 5.91 Å². The molecule has 0 saturated carbocycles. The third-order valence-corrected chi connectivity index (χ3v) is 2.95. The molecule has 1 aromatic heterocycles. The molecule has 1 amide bonds. The molecular weight excluding hydrogens is 287 g/mol. The zero-order valence-electron chi connectivity index (χ0n) is 11.4. The first-order chi connectivity index (χ1) is 9.87. The lowest BCUT2D eigenvalue weighted by Gasteiger charge is -2.40. The summed E-state index contributed by atoms with van der Waals surface area (Å²) in [5, 5.41) is 5.60. The van der Waals surface area contributed by atoms with E-state index >= 15 is 0 Å². The fourth-order valence-electron chi connectivity index (χ4n) is 2.06. The van der Waals surface area contributed by atoms with Gasteiger partial charge in [0, 0.05) is 25.7 Å². The van der Waals surface area contributed by atoms with Gasteiger partial charge in [-0.05, 0) is 6.92 Å². The van der Waals surface area contributed by atoms with E-state index in [0.29, 0.717) is 25.5 Å². The topological polar surface area (TPSA) is 70.2 Å². The van der Waals surface area contributed by atoms with Crippen LogP contribution in [0.2, 0.25) is 0 Å². The molecule has 0 spiro atoms. The number of likely N-dealkylation sites (tertiary alicyclic amines) is 1. The highest BCUT2D eigenvalue weighted by Crippen LogP contribution is 2.21. The number of hydrogen-bond donors (Lipinski definition) is 2. The van der Waals surface area contributed by atoms with Crippen LogP contribution in [0.5, 0.6) is 0 Å². The van der Waals surface area contributed by atoms with Crippen molar-refractivity contribution in [1.29, 1.82) is 0 Å². The van der Waals surface area contributed by atoms with E-state index in [9.17, 15) is 18.0 Å². The highest BCUT2D eigenvalue weighted by molar-refractivity contribution is 5.92. The normalized spacial score (nSPS) is 16.4. The van der Waals surface area contributed by atoms with E-state index in [1.165, 1.54) is 17.3 Å². The number of hydrogen-bond acceptors (Lipinski definition) is 5. The van der Waals surface area contributed by atoms with Crippen LogP contribution in [0.3, 0.4) is 0 Å². The Kier molecular flexibility index (Phi) is 4.61. The minimum absolute atomic E-state index is 0.107. The fraction of sp³-hybridized carbons (Fsp3) is 0.583. The Bertz CT molecular complexity index is 502. The quantitative estimate of drug-likeness (QED) is 0.845. The standard InChI is InChI=1S/C12H16F3N5O/c1-2-16-11(21)9-3-10(18-7-17-9)19-8-4-20(5-8)6-12(13,14)15/h3,7-8H,2,4-6H2,1H3,(H,16,21)(H,17,18,19). The smallest absolute Gasteiger partial charge is 0.365 e. The van der Waals surface area contributed by atoms with Gasteiger partial charge in [-0.1, -0.05) is 0 Å². The highest BCUT2D eigenvalue weighted by Gasteiger charge is 2.37. The van der Waals surface area contributed by atoms with E-state index in [1.807, 2.05) is 0 Å². The summed E-state index contributed by atoms with van der Waals surface area (Å²) in [6.45, 7) is 1.96. The number of carbonyl (C=O) groups is 1. The number of amides is 1. The Morgan fingerprint density at radius 2 is 2.14 bits per heavy atom. The molecule has 0 atom stereocenters. The van der Waals surface area contributed by atoms with E-state index in [4.69, 9.17) is 0 Å². The second-order valence-electron chi connectivity index (χ2n) is 4.80. The Labute approximate surface area is 119 Å². The van der Waals surface area contributed by atoms with Crippen LogP contribution in [0.1, 0.15) is 17.4 Å². The molecular formula is C12H16F3N5O. The third-order valence-electron chi connectivity index (χ3n) is 2.95. The molecule has 0 bridgehead atoms. The van der Waals surface area contributed by atoms with Crippen LogP contribution < -0.4 is 10.6 Å². The zero-order chi connectivity index (χ0) is 15.5. The molecule has 6 nitrogen and oxygen atoms in total. The largest absolute Gasteiger partial charge is 0.401 e. The van der Waals surface area contributed by atoms with Crippen LogP contribution in [0, 0.1) is 0 Å². The van der Waals surface area contributed by atoms with Gasteiger partial charge in [0.1, 0.15) is 17.8 Å². The number of alkyl halides is 3. The van der Waals surface area contributed by atoms with Crippen LogP contribution in [-0.4, -0.2) is 59.2 Å². The molecule has 0 aromatic carbocycles. The molecule has 2 heterocycles.